The van der Waals surface area contributed by atoms with Crippen molar-refractivity contribution in [2.75, 3.05) is 7.11 Å². The molecule has 3 rings (SSSR count). The van der Waals surface area contributed by atoms with Crippen molar-refractivity contribution in [3.8, 4) is 11.1 Å². The van der Waals surface area contributed by atoms with E-state index in [1.807, 2.05) is 0 Å². The monoisotopic (exact) mass is 225 g/mol. The van der Waals surface area contributed by atoms with E-state index < -0.39 is 0 Å². The normalized spacial score (nSPS) is 12.3. The maximum absolute atomic E-state index is 4.88. The van der Waals surface area contributed by atoms with Crippen LogP contribution < -0.4 is 5.48 Å². The first-order valence-corrected chi connectivity index (χ1v) is 5.84. The lowest BCUT2D eigenvalue weighted by molar-refractivity contribution is 0.0867. The second-order valence-electron chi connectivity index (χ2n) is 4.35. The van der Waals surface area contributed by atoms with Crippen molar-refractivity contribution in [2.45, 2.75) is 13.0 Å². The standard InChI is InChI=1S/C15H15NO/c1-17-16-10-11-6-7-15-13(8-11)9-12-4-2-3-5-14(12)15/h2-8,16H,9-10H2,1H3. The van der Waals surface area contributed by atoms with Crippen molar-refractivity contribution in [3.63, 3.8) is 0 Å². The second-order valence-corrected chi connectivity index (χ2v) is 4.35. The summed E-state index contributed by atoms with van der Waals surface area (Å²) in [6.07, 6.45) is 1.05. The van der Waals surface area contributed by atoms with Crippen LogP contribution >= 0.6 is 0 Å². The van der Waals surface area contributed by atoms with Crippen molar-refractivity contribution < 1.29 is 4.84 Å². The van der Waals surface area contributed by atoms with Crippen LogP contribution in [0.1, 0.15) is 16.7 Å². The molecule has 2 nitrogen and oxygen atoms in total. The predicted octanol–water partition coefficient (Wildman–Crippen LogP) is 2.91. The number of rotatable bonds is 3. The van der Waals surface area contributed by atoms with Crippen molar-refractivity contribution in [3.05, 3.63) is 59.2 Å². The number of hydrogen-bond acceptors (Lipinski definition) is 2. The van der Waals surface area contributed by atoms with Crippen LogP contribution in [0.4, 0.5) is 0 Å². The lowest BCUT2D eigenvalue weighted by Gasteiger charge is -2.05. The molecule has 1 aliphatic rings. The van der Waals surface area contributed by atoms with Gasteiger partial charge < -0.3 is 4.84 Å². The lowest BCUT2D eigenvalue weighted by atomic mass is 10.0. The third-order valence-electron chi connectivity index (χ3n) is 3.28. The Morgan fingerprint density at radius 3 is 2.76 bits per heavy atom. The van der Waals surface area contributed by atoms with Gasteiger partial charge in [-0.25, -0.2) is 0 Å². The molecule has 0 unspecified atom stereocenters. The minimum Gasteiger partial charge on any atom is -0.305 e. The summed E-state index contributed by atoms with van der Waals surface area (Å²) in [4.78, 5) is 4.88. The summed E-state index contributed by atoms with van der Waals surface area (Å²) in [6, 6.07) is 15.3. The van der Waals surface area contributed by atoms with Crippen LogP contribution in [0.2, 0.25) is 0 Å². The Labute approximate surface area is 101 Å². The van der Waals surface area contributed by atoms with Gasteiger partial charge in [-0.1, -0.05) is 42.5 Å². The molecule has 0 aromatic heterocycles. The average molecular weight is 225 g/mol. The summed E-state index contributed by atoms with van der Waals surface area (Å²) >= 11 is 0. The highest BCUT2D eigenvalue weighted by Crippen LogP contribution is 2.36. The molecule has 0 bridgehead atoms. The molecule has 0 amide bonds. The highest BCUT2D eigenvalue weighted by atomic mass is 16.6. The molecule has 0 radical (unpaired) electrons. The van der Waals surface area contributed by atoms with E-state index in [1.165, 1.54) is 27.8 Å². The zero-order valence-electron chi connectivity index (χ0n) is 9.86. The highest BCUT2D eigenvalue weighted by Gasteiger charge is 2.17. The summed E-state index contributed by atoms with van der Waals surface area (Å²) in [5.41, 5.74) is 9.75. The van der Waals surface area contributed by atoms with Gasteiger partial charge in [-0.2, -0.15) is 5.48 Å². The Balaban J connectivity index is 1.95. The molecule has 1 N–H and O–H groups in total. The Bertz CT molecular complexity index is 548. The molecule has 17 heavy (non-hydrogen) atoms. The molecule has 2 aromatic rings. The van der Waals surface area contributed by atoms with Gasteiger partial charge >= 0.3 is 0 Å². The number of fused-ring (bicyclic) bond motifs is 3. The molecule has 2 heteroatoms. The first-order chi connectivity index (χ1) is 8.38. The highest BCUT2D eigenvalue weighted by molar-refractivity contribution is 5.76. The number of hydroxylamine groups is 1. The van der Waals surface area contributed by atoms with Gasteiger partial charge in [0.15, 0.2) is 0 Å². The molecular formula is C15H15NO. The van der Waals surface area contributed by atoms with E-state index in [9.17, 15) is 0 Å². The van der Waals surface area contributed by atoms with Crippen LogP contribution in [-0.2, 0) is 17.8 Å². The van der Waals surface area contributed by atoms with Gasteiger partial charge in [0.2, 0.25) is 0 Å². The minimum absolute atomic E-state index is 0.750. The number of hydrogen-bond donors (Lipinski definition) is 1. The van der Waals surface area contributed by atoms with Gasteiger partial charge in [0.25, 0.3) is 0 Å². The number of benzene rings is 2. The van der Waals surface area contributed by atoms with Gasteiger partial charge in [0, 0.05) is 6.54 Å². The molecule has 0 atom stereocenters. The average Bonchev–Trinajstić information content (AvgIpc) is 2.74. The maximum Gasteiger partial charge on any atom is 0.0572 e. The Kier molecular flexibility index (Phi) is 2.67. The zero-order chi connectivity index (χ0) is 11.7. The van der Waals surface area contributed by atoms with E-state index >= 15 is 0 Å². The fourth-order valence-electron chi connectivity index (χ4n) is 2.46. The SMILES string of the molecule is CONCc1ccc2c(c1)Cc1ccccc1-2. The van der Waals surface area contributed by atoms with Crippen molar-refractivity contribution >= 4 is 0 Å². The molecule has 0 heterocycles. The predicted molar refractivity (Wildman–Crippen MR) is 68.5 cm³/mol. The maximum atomic E-state index is 4.88. The molecule has 2 aromatic carbocycles. The van der Waals surface area contributed by atoms with E-state index in [2.05, 4.69) is 47.9 Å². The van der Waals surface area contributed by atoms with Crippen LogP contribution in [0.3, 0.4) is 0 Å². The summed E-state index contributed by atoms with van der Waals surface area (Å²) in [7, 11) is 1.64. The minimum atomic E-state index is 0.750. The largest absolute Gasteiger partial charge is 0.305 e. The topological polar surface area (TPSA) is 21.3 Å². The van der Waals surface area contributed by atoms with Gasteiger partial charge in [-0.15, -0.1) is 0 Å². The summed E-state index contributed by atoms with van der Waals surface area (Å²) in [6.45, 7) is 0.750. The quantitative estimate of drug-likeness (QED) is 0.692. The lowest BCUT2D eigenvalue weighted by Crippen LogP contribution is -2.10. The van der Waals surface area contributed by atoms with Crippen LogP contribution in [0, 0.1) is 0 Å². The summed E-state index contributed by atoms with van der Waals surface area (Å²) < 4.78 is 0. The van der Waals surface area contributed by atoms with Gasteiger partial charge in [0.05, 0.1) is 7.11 Å². The molecule has 0 aliphatic heterocycles. The Hall–Kier alpha value is -1.64. The van der Waals surface area contributed by atoms with Gasteiger partial charge in [-0.05, 0) is 34.2 Å². The summed E-state index contributed by atoms with van der Waals surface area (Å²) in [5.74, 6) is 0. The number of nitrogens with one attached hydrogen (secondary N) is 1. The van der Waals surface area contributed by atoms with Crippen molar-refractivity contribution in [1.82, 2.24) is 5.48 Å². The molecule has 0 saturated heterocycles. The Morgan fingerprint density at radius 2 is 1.88 bits per heavy atom. The van der Waals surface area contributed by atoms with Crippen molar-refractivity contribution in [2.24, 2.45) is 0 Å². The Morgan fingerprint density at radius 1 is 1.06 bits per heavy atom. The molecule has 86 valence electrons. The molecule has 1 aliphatic carbocycles. The van der Waals surface area contributed by atoms with Crippen LogP contribution in [0.5, 0.6) is 0 Å². The van der Waals surface area contributed by atoms with Crippen LogP contribution in [0.25, 0.3) is 11.1 Å². The van der Waals surface area contributed by atoms with E-state index in [4.69, 9.17) is 4.84 Å². The van der Waals surface area contributed by atoms with E-state index in [-0.39, 0.29) is 0 Å². The van der Waals surface area contributed by atoms with Gasteiger partial charge in [-0.3, -0.25) is 0 Å². The third kappa shape index (κ3) is 1.86. The van der Waals surface area contributed by atoms with E-state index in [0.29, 0.717) is 0 Å². The first-order valence-electron chi connectivity index (χ1n) is 5.84. The zero-order valence-corrected chi connectivity index (χ0v) is 9.86. The summed E-state index contributed by atoms with van der Waals surface area (Å²) in [5, 5.41) is 0. The molecule has 0 fully saturated rings. The molecule has 0 spiro atoms. The molecule has 0 saturated carbocycles. The smallest absolute Gasteiger partial charge is 0.0572 e. The fourth-order valence-corrected chi connectivity index (χ4v) is 2.46. The van der Waals surface area contributed by atoms with Crippen molar-refractivity contribution in [1.29, 1.82) is 0 Å². The third-order valence-corrected chi connectivity index (χ3v) is 3.28. The van der Waals surface area contributed by atoms with E-state index in [1.54, 1.807) is 7.11 Å². The first kappa shape index (κ1) is 10.5. The fraction of sp³-hybridized carbons (Fsp3) is 0.200. The second kappa shape index (κ2) is 4.32. The van der Waals surface area contributed by atoms with E-state index in [0.717, 1.165) is 13.0 Å². The van der Waals surface area contributed by atoms with Crippen LogP contribution in [-0.4, -0.2) is 7.11 Å². The van der Waals surface area contributed by atoms with Gasteiger partial charge in [0.1, 0.15) is 0 Å². The molecular weight excluding hydrogens is 210 g/mol. The van der Waals surface area contributed by atoms with Crippen LogP contribution in [0.15, 0.2) is 42.5 Å².